The van der Waals surface area contributed by atoms with Gasteiger partial charge in [0.05, 0.1) is 6.10 Å². The zero-order valence-corrected chi connectivity index (χ0v) is 8.59. The van der Waals surface area contributed by atoms with Gasteiger partial charge in [-0.05, 0) is 19.3 Å². The smallest absolute Gasteiger partial charge is 0.0589 e. The van der Waals surface area contributed by atoms with E-state index < -0.39 is 0 Å². The van der Waals surface area contributed by atoms with Crippen molar-refractivity contribution >= 4 is 0 Å². The maximum absolute atomic E-state index is 5.66. The molecule has 0 radical (unpaired) electrons. The third-order valence-corrected chi connectivity index (χ3v) is 2.56. The molecule has 3 heteroatoms. The van der Waals surface area contributed by atoms with Gasteiger partial charge in [-0.25, -0.2) is 0 Å². The second kappa shape index (κ2) is 6.35. The summed E-state index contributed by atoms with van der Waals surface area (Å²) >= 11 is 0. The SMILES string of the molecule is CCCC1CC(NCCN)CCO1. The summed E-state index contributed by atoms with van der Waals surface area (Å²) in [5.74, 6) is 0. The Labute approximate surface area is 81.0 Å². The van der Waals surface area contributed by atoms with Gasteiger partial charge in [0.15, 0.2) is 0 Å². The maximum atomic E-state index is 5.66. The molecule has 0 amide bonds. The largest absolute Gasteiger partial charge is 0.378 e. The van der Waals surface area contributed by atoms with Crippen molar-refractivity contribution in [1.82, 2.24) is 5.32 Å². The minimum Gasteiger partial charge on any atom is -0.378 e. The molecule has 2 atom stereocenters. The van der Waals surface area contributed by atoms with Crippen molar-refractivity contribution in [3.05, 3.63) is 0 Å². The summed E-state index contributed by atoms with van der Waals surface area (Å²) in [5.41, 5.74) is 5.45. The fourth-order valence-corrected chi connectivity index (χ4v) is 1.88. The van der Waals surface area contributed by atoms with Crippen molar-refractivity contribution in [1.29, 1.82) is 0 Å². The second-order valence-corrected chi connectivity index (χ2v) is 3.75. The van der Waals surface area contributed by atoms with Crippen molar-refractivity contribution in [3.8, 4) is 0 Å². The molecule has 1 aliphatic rings. The highest BCUT2D eigenvalue weighted by molar-refractivity contribution is 4.76. The fraction of sp³-hybridized carbons (Fsp3) is 1.00. The van der Waals surface area contributed by atoms with Crippen LogP contribution in [0.25, 0.3) is 0 Å². The van der Waals surface area contributed by atoms with Crippen LogP contribution in [0.5, 0.6) is 0 Å². The van der Waals surface area contributed by atoms with Gasteiger partial charge in [0, 0.05) is 25.7 Å². The predicted octanol–water partition coefficient (Wildman–Crippen LogP) is 0.882. The third kappa shape index (κ3) is 4.07. The van der Waals surface area contributed by atoms with Gasteiger partial charge in [0.2, 0.25) is 0 Å². The number of nitrogens with two attached hydrogens (primary N) is 1. The standard InChI is InChI=1S/C10H22N2O/c1-2-3-10-8-9(4-7-13-10)12-6-5-11/h9-10,12H,2-8,11H2,1H3. The van der Waals surface area contributed by atoms with E-state index in [9.17, 15) is 0 Å². The van der Waals surface area contributed by atoms with Gasteiger partial charge in [-0.15, -0.1) is 0 Å². The molecular formula is C10H22N2O. The Kier molecular flexibility index (Phi) is 5.35. The van der Waals surface area contributed by atoms with Gasteiger partial charge < -0.3 is 15.8 Å². The highest BCUT2D eigenvalue weighted by atomic mass is 16.5. The Morgan fingerprint density at radius 3 is 3.08 bits per heavy atom. The second-order valence-electron chi connectivity index (χ2n) is 3.75. The van der Waals surface area contributed by atoms with E-state index in [-0.39, 0.29) is 0 Å². The number of rotatable bonds is 5. The summed E-state index contributed by atoms with van der Waals surface area (Å²) in [5, 5.41) is 3.45. The van der Waals surface area contributed by atoms with Gasteiger partial charge in [0.25, 0.3) is 0 Å². The molecule has 1 aliphatic heterocycles. The Balaban J connectivity index is 2.16. The van der Waals surface area contributed by atoms with Crippen LogP contribution in [0.15, 0.2) is 0 Å². The first-order valence-electron chi connectivity index (χ1n) is 5.41. The highest BCUT2D eigenvalue weighted by Crippen LogP contribution is 2.17. The van der Waals surface area contributed by atoms with Gasteiger partial charge in [-0.3, -0.25) is 0 Å². The van der Waals surface area contributed by atoms with Crippen LogP contribution in [-0.4, -0.2) is 31.8 Å². The first kappa shape index (κ1) is 11.0. The lowest BCUT2D eigenvalue weighted by Gasteiger charge is -2.30. The molecule has 3 nitrogen and oxygen atoms in total. The maximum Gasteiger partial charge on any atom is 0.0589 e. The Hall–Kier alpha value is -0.120. The molecule has 78 valence electrons. The van der Waals surface area contributed by atoms with Crippen molar-refractivity contribution in [2.75, 3.05) is 19.7 Å². The summed E-state index contributed by atoms with van der Waals surface area (Å²) in [7, 11) is 0. The summed E-state index contributed by atoms with van der Waals surface area (Å²) in [6, 6.07) is 0.633. The minimum absolute atomic E-state index is 0.481. The van der Waals surface area contributed by atoms with Crippen LogP contribution in [0.2, 0.25) is 0 Å². The Morgan fingerprint density at radius 1 is 1.54 bits per heavy atom. The molecule has 1 fully saturated rings. The molecule has 0 aromatic rings. The molecule has 0 spiro atoms. The van der Waals surface area contributed by atoms with Crippen LogP contribution in [0.3, 0.4) is 0 Å². The van der Waals surface area contributed by atoms with E-state index >= 15 is 0 Å². The molecule has 1 rings (SSSR count). The molecule has 3 N–H and O–H groups in total. The van der Waals surface area contributed by atoms with Crippen molar-refractivity contribution in [2.24, 2.45) is 5.73 Å². The molecule has 0 bridgehead atoms. The van der Waals surface area contributed by atoms with Crippen LogP contribution < -0.4 is 11.1 Å². The minimum atomic E-state index is 0.481. The van der Waals surface area contributed by atoms with E-state index in [2.05, 4.69) is 12.2 Å². The highest BCUT2D eigenvalue weighted by Gasteiger charge is 2.20. The van der Waals surface area contributed by atoms with Crippen molar-refractivity contribution in [2.45, 2.75) is 44.8 Å². The van der Waals surface area contributed by atoms with Crippen LogP contribution in [0.4, 0.5) is 0 Å². The number of nitrogens with one attached hydrogen (secondary N) is 1. The average Bonchev–Trinajstić information content (AvgIpc) is 2.16. The van der Waals surface area contributed by atoms with E-state index in [0.29, 0.717) is 12.1 Å². The van der Waals surface area contributed by atoms with Gasteiger partial charge in [-0.1, -0.05) is 13.3 Å². The molecule has 0 aromatic carbocycles. The quantitative estimate of drug-likeness (QED) is 0.670. The van der Waals surface area contributed by atoms with E-state index in [1.54, 1.807) is 0 Å². The topological polar surface area (TPSA) is 47.3 Å². The zero-order valence-electron chi connectivity index (χ0n) is 8.59. The van der Waals surface area contributed by atoms with E-state index in [1.165, 1.54) is 12.8 Å². The summed E-state index contributed by atoms with van der Waals surface area (Å²) in [6.07, 6.45) is 5.19. The fourth-order valence-electron chi connectivity index (χ4n) is 1.88. The zero-order chi connectivity index (χ0) is 9.52. The van der Waals surface area contributed by atoms with Crippen molar-refractivity contribution in [3.63, 3.8) is 0 Å². The van der Waals surface area contributed by atoms with Gasteiger partial charge in [-0.2, -0.15) is 0 Å². The van der Waals surface area contributed by atoms with Crippen LogP contribution in [0, 0.1) is 0 Å². The Bertz CT molecular complexity index is 128. The molecule has 0 saturated carbocycles. The first-order valence-corrected chi connectivity index (χ1v) is 5.41. The molecule has 2 unspecified atom stereocenters. The lowest BCUT2D eigenvalue weighted by atomic mass is 10.0. The van der Waals surface area contributed by atoms with E-state index in [4.69, 9.17) is 10.5 Å². The van der Waals surface area contributed by atoms with Gasteiger partial charge >= 0.3 is 0 Å². The molecule has 13 heavy (non-hydrogen) atoms. The predicted molar refractivity (Wildman–Crippen MR) is 54.7 cm³/mol. The normalized spacial score (nSPS) is 29.1. The monoisotopic (exact) mass is 186 g/mol. The molecule has 1 heterocycles. The van der Waals surface area contributed by atoms with Crippen LogP contribution in [-0.2, 0) is 4.74 Å². The Morgan fingerprint density at radius 2 is 2.38 bits per heavy atom. The molecule has 0 aliphatic carbocycles. The van der Waals surface area contributed by atoms with E-state index in [0.717, 1.165) is 32.5 Å². The number of hydrogen-bond acceptors (Lipinski definition) is 3. The van der Waals surface area contributed by atoms with Crippen LogP contribution >= 0.6 is 0 Å². The van der Waals surface area contributed by atoms with Crippen molar-refractivity contribution < 1.29 is 4.74 Å². The molecular weight excluding hydrogens is 164 g/mol. The van der Waals surface area contributed by atoms with Gasteiger partial charge in [0.1, 0.15) is 0 Å². The molecule has 1 saturated heterocycles. The summed E-state index contributed by atoms with van der Waals surface area (Å²) in [4.78, 5) is 0. The third-order valence-electron chi connectivity index (χ3n) is 2.56. The lowest BCUT2D eigenvalue weighted by Crippen LogP contribution is -2.40. The van der Waals surface area contributed by atoms with E-state index in [1.807, 2.05) is 0 Å². The number of hydrogen-bond donors (Lipinski definition) is 2. The first-order chi connectivity index (χ1) is 6.36. The van der Waals surface area contributed by atoms with Crippen LogP contribution in [0.1, 0.15) is 32.6 Å². The average molecular weight is 186 g/mol. The summed E-state index contributed by atoms with van der Waals surface area (Å²) in [6.45, 7) is 4.78. The summed E-state index contributed by atoms with van der Waals surface area (Å²) < 4.78 is 5.66. The molecule has 0 aromatic heterocycles. The number of ether oxygens (including phenoxy) is 1. The lowest BCUT2D eigenvalue weighted by molar-refractivity contribution is -0.00291.